The Morgan fingerprint density at radius 2 is 1.63 bits per heavy atom. The minimum Gasteiger partial charge on any atom is -0.452 e. The molecule has 0 N–H and O–H groups in total. The number of carbonyl (C=O) groups excluding carboxylic acids is 4. The van der Waals surface area contributed by atoms with E-state index < -0.39 is 36.1 Å². The highest BCUT2D eigenvalue weighted by Crippen LogP contribution is 2.29. The molecule has 1 heterocycles. The van der Waals surface area contributed by atoms with Gasteiger partial charge < -0.3 is 9.64 Å². The smallest absolute Gasteiger partial charge is 0.338 e. The quantitative estimate of drug-likeness (QED) is 0.606. The Bertz CT molecular complexity index is 953. The lowest BCUT2D eigenvalue weighted by molar-refractivity contribution is -0.131. The van der Waals surface area contributed by atoms with E-state index in [0.29, 0.717) is 0 Å². The first-order valence-corrected chi connectivity index (χ1v) is 7.95. The highest BCUT2D eigenvalue weighted by atomic mass is 19.1. The number of benzene rings is 2. The Hall–Kier alpha value is -3.55. The van der Waals surface area contributed by atoms with Crippen molar-refractivity contribution in [2.45, 2.75) is 0 Å². The maximum Gasteiger partial charge on any atom is 0.338 e. The minimum atomic E-state index is -0.784. The van der Waals surface area contributed by atoms with E-state index in [1.165, 1.54) is 49.3 Å². The number of carbonyl (C=O) groups is 4. The second-order valence-corrected chi connectivity index (χ2v) is 6.05. The number of likely N-dealkylation sites (N-methyl/N-ethyl adjacent to an activating group) is 1. The van der Waals surface area contributed by atoms with Crippen LogP contribution in [0.2, 0.25) is 0 Å². The van der Waals surface area contributed by atoms with Crippen molar-refractivity contribution in [2.24, 2.45) is 0 Å². The number of esters is 1. The van der Waals surface area contributed by atoms with Crippen molar-refractivity contribution in [2.75, 3.05) is 25.6 Å². The number of ether oxygens (including phenoxy) is 1. The molecule has 0 fully saturated rings. The van der Waals surface area contributed by atoms with E-state index in [4.69, 9.17) is 4.74 Å². The lowest BCUT2D eigenvalue weighted by Gasteiger charge is -2.13. The number of fused-ring (bicyclic) bond motifs is 1. The van der Waals surface area contributed by atoms with Gasteiger partial charge in [0.15, 0.2) is 6.61 Å². The van der Waals surface area contributed by atoms with Gasteiger partial charge in [0.2, 0.25) is 0 Å². The van der Waals surface area contributed by atoms with Gasteiger partial charge in [-0.05, 0) is 42.5 Å². The van der Waals surface area contributed by atoms with E-state index in [9.17, 15) is 23.6 Å². The molecule has 27 heavy (non-hydrogen) atoms. The Morgan fingerprint density at radius 1 is 1.00 bits per heavy atom. The van der Waals surface area contributed by atoms with Crippen LogP contribution in [0.1, 0.15) is 31.1 Å². The van der Waals surface area contributed by atoms with Crippen LogP contribution in [0.4, 0.5) is 10.1 Å². The zero-order valence-electron chi connectivity index (χ0n) is 14.6. The van der Waals surface area contributed by atoms with Crippen LogP contribution >= 0.6 is 0 Å². The molecule has 1 aliphatic rings. The number of halogens is 1. The van der Waals surface area contributed by atoms with Crippen LogP contribution in [0.5, 0.6) is 0 Å². The van der Waals surface area contributed by atoms with Crippen molar-refractivity contribution >= 4 is 29.4 Å². The number of nitrogens with zero attached hydrogens (tertiary/aromatic N) is 2. The first-order valence-electron chi connectivity index (χ1n) is 7.95. The SMILES string of the molecule is CN(C)C(=O)COC(=O)c1ccc2c(c1)C(=O)N(c1ccc(F)cc1)C2=O. The topological polar surface area (TPSA) is 84.0 Å². The zero-order chi connectivity index (χ0) is 19.7. The fraction of sp³-hybridized carbons (Fsp3) is 0.158. The Balaban J connectivity index is 1.84. The summed E-state index contributed by atoms with van der Waals surface area (Å²) in [6.07, 6.45) is 0. The number of anilines is 1. The molecular formula is C19H15FN2O5. The van der Waals surface area contributed by atoms with Crippen LogP contribution in [-0.4, -0.2) is 49.3 Å². The molecule has 1 aliphatic heterocycles. The summed E-state index contributed by atoms with van der Waals surface area (Å²) in [6.45, 7) is -0.433. The molecule has 7 nitrogen and oxygen atoms in total. The number of rotatable bonds is 4. The fourth-order valence-electron chi connectivity index (χ4n) is 2.53. The summed E-state index contributed by atoms with van der Waals surface area (Å²) in [7, 11) is 3.06. The second-order valence-electron chi connectivity index (χ2n) is 6.05. The molecule has 0 bridgehead atoms. The number of hydrogen-bond donors (Lipinski definition) is 0. The molecule has 3 amide bonds. The largest absolute Gasteiger partial charge is 0.452 e. The third-order valence-electron chi connectivity index (χ3n) is 4.03. The average Bonchev–Trinajstić information content (AvgIpc) is 2.90. The molecule has 0 atom stereocenters. The first-order chi connectivity index (χ1) is 12.8. The molecule has 0 spiro atoms. The van der Waals surface area contributed by atoms with Gasteiger partial charge in [0.1, 0.15) is 5.82 Å². The Kier molecular flexibility index (Phi) is 4.72. The predicted octanol–water partition coefficient (Wildman–Crippen LogP) is 1.87. The van der Waals surface area contributed by atoms with Crippen LogP contribution in [0.25, 0.3) is 0 Å². The Labute approximate surface area is 153 Å². The van der Waals surface area contributed by atoms with Crippen molar-refractivity contribution in [3.05, 3.63) is 65.0 Å². The molecule has 3 rings (SSSR count). The number of imide groups is 1. The maximum atomic E-state index is 13.1. The average molecular weight is 370 g/mol. The third kappa shape index (κ3) is 3.41. The highest BCUT2D eigenvalue weighted by Gasteiger charge is 2.37. The van der Waals surface area contributed by atoms with Gasteiger partial charge in [0.05, 0.1) is 22.4 Å². The molecule has 0 radical (unpaired) electrons. The van der Waals surface area contributed by atoms with Gasteiger partial charge in [-0.3, -0.25) is 14.4 Å². The summed E-state index contributed by atoms with van der Waals surface area (Å²) < 4.78 is 18.0. The highest BCUT2D eigenvalue weighted by molar-refractivity contribution is 6.34. The minimum absolute atomic E-state index is 0.0395. The summed E-state index contributed by atoms with van der Waals surface area (Å²) in [4.78, 5) is 50.9. The molecule has 2 aromatic rings. The van der Waals surface area contributed by atoms with Gasteiger partial charge in [-0.2, -0.15) is 0 Å². The molecule has 0 aliphatic carbocycles. The van der Waals surface area contributed by atoms with Crippen molar-refractivity contribution in [1.29, 1.82) is 0 Å². The molecule has 0 aromatic heterocycles. The number of amides is 3. The van der Waals surface area contributed by atoms with Gasteiger partial charge in [0, 0.05) is 14.1 Å². The van der Waals surface area contributed by atoms with Gasteiger partial charge in [-0.25, -0.2) is 14.1 Å². The lowest BCUT2D eigenvalue weighted by Crippen LogP contribution is -2.29. The first kappa shape index (κ1) is 18.2. The van der Waals surface area contributed by atoms with Gasteiger partial charge in [-0.1, -0.05) is 0 Å². The van der Waals surface area contributed by atoms with Crippen molar-refractivity contribution in [3.8, 4) is 0 Å². The van der Waals surface area contributed by atoms with Crippen molar-refractivity contribution in [1.82, 2.24) is 4.90 Å². The molecule has 138 valence electrons. The second kappa shape index (κ2) is 6.99. The van der Waals surface area contributed by atoms with Crippen LogP contribution in [0.15, 0.2) is 42.5 Å². The monoisotopic (exact) mass is 370 g/mol. The fourth-order valence-corrected chi connectivity index (χ4v) is 2.53. The lowest BCUT2D eigenvalue weighted by atomic mass is 10.1. The molecule has 8 heteroatoms. The van der Waals surface area contributed by atoms with Crippen LogP contribution in [0.3, 0.4) is 0 Å². The van der Waals surface area contributed by atoms with Crippen molar-refractivity contribution < 1.29 is 28.3 Å². The normalized spacial score (nSPS) is 12.8. The summed E-state index contributed by atoms with van der Waals surface area (Å²) >= 11 is 0. The van der Waals surface area contributed by atoms with Crippen molar-refractivity contribution in [3.63, 3.8) is 0 Å². The van der Waals surface area contributed by atoms with Gasteiger partial charge in [0.25, 0.3) is 17.7 Å². The summed E-state index contributed by atoms with van der Waals surface area (Å²) in [5.41, 5.74) is 0.439. The van der Waals surface area contributed by atoms with Gasteiger partial charge in [-0.15, -0.1) is 0 Å². The molecule has 0 saturated carbocycles. The number of hydrogen-bond acceptors (Lipinski definition) is 5. The standard InChI is InChI=1S/C19H15FN2O5/c1-21(2)16(23)10-27-19(26)11-3-8-14-15(9-11)18(25)22(17(14)24)13-6-4-12(20)5-7-13/h3-9H,10H2,1-2H3. The molecule has 0 saturated heterocycles. The maximum absolute atomic E-state index is 13.1. The van der Waals surface area contributed by atoms with E-state index in [1.54, 1.807) is 0 Å². The van der Waals surface area contributed by atoms with E-state index in [1.807, 2.05) is 0 Å². The summed E-state index contributed by atoms with van der Waals surface area (Å²) in [5.74, 6) is -2.86. The third-order valence-corrected chi connectivity index (χ3v) is 4.03. The van der Waals surface area contributed by atoms with E-state index in [0.717, 1.165) is 17.0 Å². The van der Waals surface area contributed by atoms with E-state index in [-0.39, 0.29) is 22.4 Å². The van der Waals surface area contributed by atoms with Crippen LogP contribution < -0.4 is 4.90 Å². The predicted molar refractivity (Wildman–Crippen MR) is 93.0 cm³/mol. The zero-order valence-corrected chi connectivity index (χ0v) is 14.6. The molecule has 0 unspecified atom stereocenters. The van der Waals surface area contributed by atoms with Gasteiger partial charge >= 0.3 is 5.97 Å². The summed E-state index contributed by atoms with van der Waals surface area (Å²) in [6, 6.07) is 8.87. The summed E-state index contributed by atoms with van der Waals surface area (Å²) in [5, 5.41) is 0. The molecule has 2 aromatic carbocycles. The van der Waals surface area contributed by atoms with Crippen LogP contribution in [0, 0.1) is 5.82 Å². The molecular weight excluding hydrogens is 355 g/mol. The van der Waals surface area contributed by atoms with E-state index >= 15 is 0 Å². The Morgan fingerprint density at radius 3 is 2.26 bits per heavy atom. The van der Waals surface area contributed by atoms with E-state index in [2.05, 4.69) is 0 Å². The van der Waals surface area contributed by atoms with Crippen LogP contribution in [-0.2, 0) is 9.53 Å².